The maximum atomic E-state index is 10.9. The highest BCUT2D eigenvalue weighted by Gasteiger charge is 2.05. The molecule has 0 amide bonds. The molecule has 0 heterocycles. The van der Waals surface area contributed by atoms with E-state index in [1.165, 1.54) is 0 Å². The van der Waals surface area contributed by atoms with Gasteiger partial charge in [0, 0.05) is 5.56 Å². The van der Waals surface area contributed by atoms with Crippen molar-refractivity contribution in [2.75, 3.05) is 0 Å². The van der Waals surface area contributed by atoms with E-state index in [0.717, 1.165) is 16.7 Å². The van der Waals surface area contributed by atoms with Crippen LogP contribution >= 0.6 is 15.9 Å². The van der Waals surface area contributed by atoms with Gasteiger partial charge in [-0.2, -0.15) is 0 Å². The van der Waals surface area contributed by atoms with Gasteiger partial charge in [-0.05, 0) is 40.9 Å². The number of aryl methyl sites for hydroxylation is 1. The monoisotopic (exact) mass is 212 g/mol. The van der Waals surface area contributed by atoms with E-state index in [2.05, 4.69) is 15.9 Å². The van der Waals surface area contributed by atoms with Crippen LogP contribution in [-0.2, 0) is 0 Å². The van der Waals surface area contributed by atoms with E-state index in [4.69, 9.17) is 0 Å². The standard InChI is InChI=1S/C9H9BrO/c1-6-4-3-5-8(7(6)2)9(10)11/h3-5H,1-2H3. The molecule has 58 valence electrons. The lowest BCUT2D eigenvalue weighted by atomic mass is 10.1. The minimum Gasteiger partial charge on any atom is -0.281 e. The largest absolute Gasteiger partial charge is 0.281 e. The zero-order chi connectivity index (χ0) is 8.43. The van der Waals surface area contributed by atoms with E-state index in [-0.39, 0.29) is 4.69 Å². The van der Waals surface area contributed by atoms with Crippen LogP contribution in [0.5, 0.6) is 0 Å². The fourth-order valence-electron chi connectivity index (χ4n) is 0.964. The smallest absolute Gasteiger partial charge is 0.228 e. The van der Waals surface area contributed by atoms with Crippen LogP contribution in [0.4, 0.5) is 0 Å². The minimum absolute atomic E-state index is 0.0429. The van der Waals surface area contributed by atoms with Crippen LogP contribution in [-0.4, -0.2) is 4.69 Å². The van der Waals surface area contributed by atoms with Crippen molar-refractivity contribution in [3.8, 4) is 0 Å². The Labute approximate surface area is 74.6 Å². The first-order valence-corrected chi connectivity index (χ1v) is 4.18. The van der Waals surface area contributed by atoms with Crippen molar-refractivity contribution in [1.82, 2.24) is 0 Å². The zero-order valence-electron chi connectivity index (χ0n) is 6.52. The van der Waals surface area contributed by atoms with Crippen molar-refractivity contribution in [1.29, 1.82) is 0 Å². The van der Waals surface area contributed by atoms with Crippen molar-refractivity contribution >= 4 is 20.6 Å². The summed E-state index contributed by atoms with van der Waals surface area (Å²) in [5, 5.41) is 0. The highest BCUT2D eigenvalue weighted by molar-refractivity contribution is 9.18. The van der Waals surface area contributed by atoms with Gasteiger partial charge in [-0.3, -0.25) is 4.79 Å². The van der Waals surface area contributed by atoms with E-state index < -0.39 is 0 Å². The fourth-order valence-corrected chi connectivity index (χ4v) is 1.39. The Hall–Kier alpha value is -0.630. The number of carbonyl (C=O) groups is 1. The van der Waals surface area contributed by atoms with Crippen molar-refractivity contribution in [2.45, 2.75) is 13.8 Å². The Kier molecular flexibility index (Phi) is 2.45. The average Bonchev–Trinajstić information content (AvgIpc) is 1.94. The predicted octanol–water partition coefficient (Wildman–Crippen LogP) is 2.84. The van der Waals surface area contributed by atoms with E-state index in [1.807, 2.05) is 32.0 Å². The molecule has 0 fully saturated rings. The first-order valence-electron chi connectivity index (χ1n) is 3.39. The molecule has 0 radical (unpaired) electrons. The molecule has 1 aromatic rings. The van der Waals surface area contributed by atoms with Gasteiger partial charge < -0.3 is 0 Å². The number of hydrogen-bond donors (Lipinski definition) is 0. The van der Waals surface area contributed by atoms with Gasteiger partial charge in [-0.1, -0.05) is 18.2 Å². The molecule has 0 saturated carbocycles. The Morgan fingerprint density at radius 1 is 1.36 bits per heavy atom. The number of rotatable bonds is 1. The van der Waals surface area contributed by atoms with Gasteiger partial charge in [0.15, 0.2) is 0 Å². The Balaban J connectivity index is 3.27. The van der Waals surface area contributed by atoms with Crippen LogP contribution in [0.3, 0.4) is 0 Å². The van der Waals surface area contributed by atoms with Gasteiger partial charge in [-0.25, -0.2) is 0 Å². The van der Waals surface area contributed by atoms with E-state index in [9.17, 15) is 4.79 Å². The Morgan fingerprint density at radius 3 is 2.45 bits per heavy atom. The summed E-state index contributed by atoms with van der Waals surface area (Å²) in [6.45, 7) is 3.94. The summed E-state index contributed by atoms with van der Waals surface area (Å²) in [5.74, 6) is 0. The van der Waals surface area contributed by atoms with Crippen LogP contribution in [0.25, 0.3) is 0 Å². The lowest BCUT2D eigenvalue weighted by Crippen LogP contribution is -1.94. The van der Waals surface area contributed by atoms with Crippen molar-refractivity contribution in [2.24, 2.45) is 0 Å². The van der Waals surface area contributed by atoms with Gasteiger partial charge in [0.2, 0.25) is 4.69 Å². The molecule has 0 saturated heterocycles. The molecule has 1 aromatic carbocycles. The second-order valence-corrected chi connectivity index (χ2v) is 3.24. The molecular weight excluding hydrogens is 204 g/mol. The van der Waals surface area contributed by atoms with Gasteiger partial charge in [-0.15, -0.1) is 0 Å². The minimum atomic E-state index is -0.0429. The Bertz CT molecular complexity index is 292. The number of benzene rings is 1. The summed E-state index contributed by atoms with van der Waals surface area (Å²) in [6.07, 6.45) is 0. The first-order chi connectivity index (χ1) is 5.13. The molecule has 0 aliphatic carbocycles. The molecule has 0 N–H and O–H groups in total. The summed E-state index contributed by atoms with van der Waals surface area (Å²) in [6, 6.07) is 5.70. The molecular formula is C9H9BrO. The van der Waals surface area contributed by atoms with Crippen molar-refractivity contribution in [3.05, 3.63) is 34.9 Å². The normalized spacial score (nSPS) is 9.73. The maximum absolute atomic E-state index is 10.9. The predicted molar refractivity (Wildman–Crippen MR) is 49.2 cm³/mol. The van der Waals surface area contributed by atoms with Crippen LogP contribution in [0.1, 0.15) is 21.5 Å². The molecule has 1 nitrogen and oxygen atoms in total. The third-order valence-corrected chi connectivity index (χ3v) is 2.24. The topological polar surface area (TPSA) is 17.1 Å². The molecule has 0 aromatic heterocycles. The van der Waals surface area contributed by atoms with Crippen molar-refractivity contribution in [3.63, 3.8) is 0 Å². The van der Waals surface area contributed by atoms with Gasteiger partial charge in [0.25, 0.3) is 0 Å². The van der Waals surface area contributed by atoms with Gasteiger partial charge in [0.1, 0.15) is 0 Å². The molecule has 0 aliphatic rings. The quantitative estimate of drug-likeness (QED) is 0.655. The first kappa shape index (κ1) is 8.47. The fraction of sp³-hybridized carbons (Fsp3) is 0.222. The summed E-state index contributed by atoms with van der Waals surface area (Å²) < 4.78 is -0.0429. The van der Waals surface area contributed by atoms with E-state index >= 15 is 0 Å². The third-order valence-electron chi connectivity index (χ3n) is 1.82. The lowest BCUT2D eigenvalue weighted by Gasteiger charge is -2.02. The van der Waals surface area contributed by atoms with Crippen molar-refractivity contribution < 1.29 is 4.79 Å². The molecule has 1 rings (SSSR count). The van der Waals surface area contributed by atoms with E-state index in [1.54, 1.807) is 0 Å². The van der Waals surface area contributed by atoms with Crippen LogP contribution in [0.2, 0.25) is 0 Å². The summed E-state index contributed by atoms with van der Waals surface area (Å²) in [4.78, 5) is 10.9. The van der Waals surface area contributed by atoms with Crippen LogP contribution in [0, 0.1) is 13.8 Å². The molecule has 0 bridgehead atoms. The average molecular weight is 213 g/mol. The van der Waals surface area contributed by atoms with Crippen LogP contribution < -0.4 is 0 Å². The lowest BCUT2D eigenvalue weighted by molar-refractivity contribution is 0.109. The molecule has 11 heavy (non-hydrogen) atoms. The number of hydrogen-bond acceptors (Lipinski definition) is 1. The molecule has 0 spiro atoms. The molecule has 0 aliphatic heterocycles. The maximum Gasteiger partial charge on any atom is 0.228 e. The second kappa shape index (κ2) is 3.18. The highest BCUT2D eigenvalue weighted by atomic mass is 79.9. The highest BCUT2D eigenvalue weighted by Crippen LogP contribution is 2.15. The summed E-state index contributed by atoms with van der Waals surface area (Å²) >= 11 is 2.93. The zero-order valence-corrected chi connectivity index (χ0v) is 8.10. The van der Waals surface area contributed by atoms with E-state index in [0.29, 0.717) is 0 Å². The molecule has 2 heteroatoms. The summed E-state index contributed by atoms with van der Waals surface area (Å²) in [5.41, 5.74) is 2.95. The second-order valence-electron chi connectivity index (χ2n) is 2.52. The van der Waals surface area contributed by atoms with Gasteiger partial charge in [0.05, 0.1) is 0 Å². The Morgan fingerprint density at radius 2 is 2.00 bits per heavy atom. The third kappa shape index (κ3) is 1.69. The number of halogens is 1. The SMILES string of the molecule is Cc1cccc(C(=O)Br)c1C. The molecule has 0 unspecified atom stereocenters. The number of carbonyl (C=O) groups excluding carboxylic acids is 1. The van der Waals surface area contributed by atoms with Crippen LogP contribution in [0.15, 0.2) is 18.2 Å². The summed E-state index contributed by atoms with van der Waals surface area (Å²) in [7, 11) is 0. The molecule has 0 atom stereocenters. The van der Waals surface area contributed by atoms with Gasteiger partial charge >= 0.3 is 0 Å².